The summed E-state index contributed by atoms with van der Waals surface area (Å²) in [7, 11) is 0. The van der Waals surface area contributed by atoms with Crippen LogP contribution in [0.1, 0.15) is 11.1 Å². The average molecular weight is 235 g/mol. The lowest BCUT2D eigenvalue weighted by molar-refractivity contribution is 0.448. The average Bonchev–Trinajstić information content (AvgIpc) is 2.30. The second-order valence-corrected chi connectivity index (χ2v) is 3.94. The number of hydrogen-bond acceptors (Lipinski definition) is 0. The molecule has 0 N–H and O–H groups in total. The first-order valence-electron chi connectivity index (χ1n) is 5.13. The Morgan fingerprint density at radius 1 is 0.941 bits per heavy atom. The van der Waals surface area contributed by atoms with E-state index in [1.807, 2.05) is 19.9 Å². The molecule has 0 fully saturated rings. The van der Waals surface area contributed by atoms with E-state index < -0.39 is 17.5 Å². The van der Waals surface area contributed by atoms with Gasteiger partial charge in [0.05, 0.1) is 0 Å². The van der Waals surface area contributed by atoms with Gasteiger partial charge in [-0.15, -0.1) is 0 Å². The van der Waals surface area contributed by atoms with Gasteiger partial charge in [-0.05, 0) is 36.6 Å². The SMILES string of the molecule is Cc1ccc(-c2c[c]c(F)c(F)c2F)cc1C. The first kappa shape index (κ1) is 11.7. The van der Waals surface area contributed by atoms with E-state index in [2.05, 4.69) is 6.07 Å². The van der Waals surface area contributed by atoms with Crippen LogP contribution in [0.25, 0.3) is 11.1 Å². The van der Waals surface area contributed by atoms with Crippen LogP contribution in [0.5, 0.6) is 0 Å². The molecule has 0 aliphatic heterocycles. The molecule has 87 valence electrons. The third-order valence-electron chi connectivity index (χ3n) is 2.78. The van der Waals surface area contributed by atoms with E-state index in [-0.39, 0.29) is 5.56 Å². The Morgan fingerprint density at radius 2 is 1.65 bits per heavy atom. The quantitative estimate of drug-likeness (QED) is 0.650. The van der Waals surface area contributed by atoms with Gasteiger partial charge in [-0.2, -0.15) is 0 Å². The Kier molecular flexibility index (Phi) is 2.92. The van der Waals surface area contributed by atoms with Crippen molar-refractivity contribution in [1.82, 2.24) is 0 Å². The highest BCUT2D eigenvalue weighted by Gasteiger charge is 2.15. The van der Waals surface area contributed by atoms with Gasteiger partial charge in [-0.3, -0.25) is 0 Å². The van der Waals surface area contributed by atoms with Crippen molar-refractivity contribution >= 4 is 0 Å². The summed E-state index contributed by atoms with van der Waals surface area (Å²) in [6.45, 7) is 3.80. The van der Waals surface area contributed by atoms with Crippen LogP contribution < -0.4 is 0 Å². The van der Waals surface area contributed by atoms with Crippen LogP contribution in [0, 0.1) is 37.4 Å². The first-order valence-corrected chi connectivity index (χ1v) is 5.13. The van der Waals surface area contributed by atoms with Crippen molar-refractivity contribution in [1.29, 1.82) is 0 Å². The molecule has 2 aromatic rings. The largest absolute Gasteiger partial charge is 0.203 e. The summed E-state index contributed by atoms with van der Waals surface area (Å²) >= 11 is 0. The predicted molar refractivity (Wildman–Crippen MR) is 60.1 cm³/mol. The van der Waals surface area contributed by atoms with Gasteiger partial charge in [0.15, 0.2) is 17.5 Å². The molecule has 0 bridgehead atoms. The Balaban J connectivity index is 2.61. The molecular weight excluding hydrogens is 225 g/mol. The van der Waals surface area contributed by atoms with Crippen LogP contribution in [-0.4, -0.2) is 0 Å². The zero-order valence-electron chi connectivity index (χ0n) is 9.44. The minimum atomic E-state index is -1.49. The second-order valence-electron chi connectivity index (χ2n) is 3.94. The van der Waals surface area contributed by atoms with Crippen molar-refractivity contribution in [2.75, 3.05) is 0 Å². The molecule has 0 saturated carbocycles. The maximum atomic E-state index is 13.5. The van der Waals surface area contributed by atoms with Crippen LogP contribution in [0.4, 0.5) is 13.2 Å². The highest BCUT2D eigenvalue weighted by molar-refractivity contribution is 5.65. The van der Waals surface area contributed by atoms with Crippen molar-refractivity contribution < 1.29 is 13.2 Å². The lowest BCUT2D eigenvalue weighted by Crippen LogP contribution is -1.94. The minimum Gasteiger partial charge on any atom is -0.203 e. The maximum Gasteiger partial charge on any atom is 0.195 e. The number of hydrogen-bond donors (Lipinski definition) is 0. The van der Waals surface area contributed by atoms with Gasteiger partial charge in [0.2, 0.25) is 0 Å². The first-order chi connectivity index (χ1) is 8.00. The molecule has 3 heteroatoms. The van der Waals surface area contributed by atoms with E-state index in [0.29, 0.717) is 5.56 Å². The van der Waals surface area contributed by atoms with Crippen LogP contribution >= 0.6 is 0 Å². The molecule has 2 rings (SSSR count). The molecule has 0 aromatic heterocycles. The fourth-order valence-electron chi connectivity index (χ4n) is 1.60. The normalized spacial score (nSPS) is 10.6. The number of rotatable bonds is 1. The molecular formula is C14H10F3. The second kappa shape index (κ2) is 4.24. The molecule has 0 spiro atoms. The van der Waals surface area contributed by atoms with Gasteiger partial charge in [0.25, 0.3) is 0 Å². The van der Waals surface area contributed by atoms with E-state index in [4.69, 9.17) is 0 Å². The third-order valence-corrected chi connectivity index (χ3v) is 2.78. The molecule has 0 aliphatic carbocycles. The molecule has 0 atom stereocenters. The summed E-state index contributed by atoms with van der Waals surface area (Å²) in [4.78, 5) is 0. The zero-order chi connectivity index (χ0) is 12.6. The zero-order valence-corrected chi connectivity index (χ0v) is 9.44. The third kappa shape index (κ3) is 2.05. The topological polar surface area (TPSA) is 0 Å². The molecule has 0 heterocycles. The van der Waals surface area contributed by atoms with Gasteiger partial charge in [-0.1, -0.05) is 18.2 Å². The van der Waals surface area contributed by atoms with Crippen LogP contribution in [0.15, 0.2) is 24.3 Å². The number of benzene rings is 2. The Morgan fingerprint density at radius 3 is 2.29 bits per heavy atom. The van der Waals surface area contributed by atoms with Crippen molar-refractivity contribution in [3.05, 3.63) is 58.9 Å². The lowest BCUT2D eigenvalue weighted by Gasteiger charge is -2.07. The van der Waals surface area contributed by atoms with Crippen molar-refractivity contribution in [2.24, 2.45) is 0 Å². The molecule has 0 saturated heterocycles. The van der Waals surface area contributed by atoms with Crippen molar-refractivity contribution in [2.45, 2.75) is 13.8 Å². The molecule has 0 nitrogen and oxygen atoms in total. The van der Waals surface area contributed by atoms with Gasteiger partial charge in [0, 0.05) is 11.6 Å². The van der Waals surface area contributed by atoms with E-state index >= 15 is 0 Å². The Labute approximate surface area is 97.7 Å². The van der Waals surface area contributed by atoms with Gasteiger partial charge in [-0.25, -0.2) is 13.2 Å². The van der Waals surface area contributed by atoms with E-state index in [1.54, 1.807) is 12.1 Å². The van der Waals surface area contributed by atoms with Gasteiger partial charge in [0.1, 0.15) is 0 Å². The Bertz CT molecular complexity index is 574. The molecule has 0 amide bonds. The van der Waals surface area contributed by atoms with E-state index in [1.165, 1.54) is 0 Å². The highest BCUT2D eigenvalue weighted by Crippen LogP contribution is 2.27. The predicted octanol–water partition coefficient (Wildman–Crippen LogP) is 4.19. The van der Waals surface area contributed by atoms with Crippen LogP contribution in [-0.2, 0) is 0 Å². The smallest absolute Gasteiger partial charge is 0.195 e. The van der Waals surface area contributed by atoms with Gasteiger partial charge < -0.3 is 0 Å². The monoisotopic (exact) mass is 235 g/mol. The van der Waals surface area contributed by atoms with Crippen molar-refractivity contribution in [3.8, 4) is 11.1 Å². The maximum absolute atomic E-state index is 13.5. The summed E-state index contributed by atoms with van der Waals surface area (Å²) in [5, 5.41) is 0. The Hall–Kier alpha value is -1.77. The summed E-state index contributed by atoms with van der Waals surface area (Å²) in [6, 6.07) is 8.40. The lowest BCUT2D eigenvalue weighted by atomic mass is 10.00. The molecule has 0 aliphatic rings. The van der Waals surface area contributed by atoms with Crippen molar-refractivity contribution in [3.63, 3.8) is 0 Å². The standard InChI is InChI=1S/C14H10F3/c1-8-3-4-10(7-9(8)2)11-5-6-12(15)14(17)13(11)16/h3-5,7H,1-2H3. The summed E-state index contributed by atoms with van der Waals surface area (Å²) in [5.74, 6) is -3.96. The van der Waals surface area contributed by atoms with E-state index in [0.717, 1.165) is 17.2 Å². The summed E-state index contributed by atoms with van der Waals surface area (Å²) < 4.78 is 39.4. The van der Waals surface area contributed by atoms with Crippen LogP contribution in [0.2, 0.25) is 0 Å². The molecule has 1 radical (unpaired) electrons. The minimum absolute atomic E-state index is 0.0204. The fraction of sp³-hybridized carbons (Fsp3) is 0.143. The number of aryl methyl sites for hydroxylation is 2. The highest BCUT2D eigenvalue weighted by atomic mass is 19.2. The van der Waals surface area contributed by atoms with Gasteiger partial charge >= 0.3 is 0 Å². The number of halogens is 3. The molecule has 2 aromatic carbocycles. The summed E-state index contributed by atoms with van der Waals surface area (Å²) in [6.07, 6.45) is 0. The molecule has 17 heavy (non-hydrogen) atoms. The molecule has 0 unspecified atom stereocenters. The van der Waals surface area contributed by atoms with E-state index in [9.17, 15) is 13.2 Å². The van der Waals surface area contributed by atoms with Crippen LogP contribution in [0.3, 0.4) is 0 Å². The fourth-order valence-corrected chi connectivity index (χ4v) is 1.60. The summed E-state index contributed by atoms with van der Waals surface area (Å²) in [5.41, 5.74) is 2.56.